The molecule has 1 aliphatic rings. The van der Waals surface area contributed by atoms with Crippen molar-refractivity contribution < 1.29 is 0 Å². The van der Waals surface area contributed by atoms with Crippen LogP contribution < -0.4 is 11.1 Å². The van der Waals surface area contributed by atoms with Crippen molar-refractivity contribution in [3.63, 3.8) is 0 Å². The molecule has 0 aromatic heterocycles. The minimum absolute atomic E-state index is 0.395. The van der Waals surface area contributed by atoms with Crippen LogP contribution in [0, 0.1) is 0 Å². The largest absolute Gasteiger partial charge is 0.326 e. The van der Waals surface area contributed by atoms with Crippen LogP contribution in [-0.2, 0) is 0 Å². The highest BCUT2D eigenvalue weighted by atomic mass is 15.0. The molecule has 11 heavy (non-hydrogen) atoms. The normalized spacial score (nSPS) is 32.7. The Labute approximate surface area is 69.5 Å². The quantitative estimate of drug-likeness (QED) is 0.631. The van der Waals surface area contributed by atoms with E-state index in [0.717, 1.165) is 0 Å². The Morgan fingerprint density at radius 3 is 2.45 bits per heavy atom. The lowest BCUT2D eigenvalue weighted by atomic mass is 9.90. The maximum Gasteiger partial charge on any atom is 0.0221 e. The van der Waals surface area contributed by atoms with Gasteiger partial charge < -0.3 is 11.1 Å². The number of rotatable bonds is 2. The molecule has 0 radical (unpaired) electrons. The number of nitrogens with two attached hydrogens (primary N) is 1. The summed E-state index contributed by atoms with van der Waals surface area (Å²) >= 11 is 0. The molecular formula is C9H20N2. The van der Waals surface area contributed by atoms with Crippen molar-refractivity contribution in [2.24, 2.45) is 5.73 Å². The van der Waals surface area contributed by atoms with Gasteiger partial charge in [-0.2, -0.15) is 0 Å². The third-order valence-electron chi connectivity index (χ3n) is 2.37. The molecule has 1 fully saturated rings. The SMILES string of the molecule is CC(C)NC1CCCC[C@@H]1N. The van der Waals surface area contributed by atoms with Crippen LogP contribution in [0.5, 0.6) is 0 Å². The van der Waals surface area contributed by atoms with Crippen LogP contribution in [0.25, 0.3) is 0 Å². The van der Waals surface area contributed by atoms with Crippen molar-refractivity contribution >= 4 is 0 Å². The third-order valence-corrected chi connectivity index (χ3v) is 2.37. The van der Waals surface area contributed by atoms with Crippen molar-refractivity contribution in [3.8, 4) is 0 Å². The molecule has 0 aliphatic heterocycles. The fraction of sp³-hybridized carbons (Fsp3) is 1.00. The van der Waals surface area contributed by atoms with Gasteiger partial charge in [-0.1, -0.05) is 26.7 Å². The van der Waals surface area contributed by atoms with Gasteiger partial charge in [0, 0.05) is 18.1 Å². The smallest absolute Gasteiger partial charge is 0.0221 e. The molecule has 3 N–H and O–H groups in total. The molecule has 1 aliphatic carbocycles. The van der Waals surface area contributed by atoms with E-state index < -0.39 is 0 Å². The fourth-order valence-corrected chi connectivity index (χ4v) is 1.79. The highest BCUT2D eigenvalue weighted by Gasteiger charge is 2.21. The summed E-state index contributed by atoms with van der Waals surface area (Å²) in [5.41, 5.74) is 5.96. The lowest BCUT2D eigenvalue weighted by Gasteiger charge is -2.30. The first-order valence-electron chi connectivity index (χ1n) is 4.72. The second kappa shape index (κ2) is 4.07. The predicted octanol–water partition coefficient (Wildman–Crippen LogP) is 1.25. The highest BCUT2D eigenvalue weighted by Crippen LogP contribution is 2.16. The van der Waals surface area contributed by atoms with Gasteiger partial charge in [0.05, 0.1) is 0 Å². The lowest BCUT2D eigenvalue weighted by molar-refractivity contribution is 0.311. The summed E-state index contributed by atoms with van der Waals surface area (Å²) in [6.45, 7) is 4.36. The Morgan fingerprint density at radius 1 is 1.27 bits per heavy atom. The molecule has 2 heteroatoms. The molecule has 2 nitrogen and oxygen atoms in total. The molecule has 2 atom stereocenters. The maximum atomic E-state index is 5.96. The molecule has 1 rings (SSSR count). The van der Waals surface area contributed by atoms with Gasteiger partial charge in [-0.25, -0.2) is 0 Å². The van der Waals surface area contributed by atoms with E-state index in [1.807, 2.05) is 0 Å². The van der Waals surface area contributed by atoms with Crippen molar-refractivity contribution in [2.75, 3.05) is 0 Å². The highest BCUT2D eigenvalue weighted by molar-refractivity contribution is 4.84. The van der Waals surface area contributed by atoms with E-state index in [1.54, 1.807) is 0 Å². The second-order valence-electron chi connectivity index (χ2n) is 3.88. The van der Waals surface area contributed by atoms with Crippen LogP contribution in [0.2, 0.25) is 0 Å². The fourth-order valence-electron chi connectivity index (χ4n) is 1.79. The van der Waals surface area contributed by atoms with Gasteiger partial charge >= 0.3 is 0 Å². The van der Waals surface area contributed by atoms with E-state index in [9.17, 15) is 0 Å². The molecule has 0 amide bonds. The zero-order valence-corrected chi connectivity index (χ0v) is 7.64. The van der Waals surface area contributed by atoms with Crippen molar-refractivity contribution in [2.45, 2.75) is 57.7 Å². The average Bonchev–Trinajstić information content (AvgIpc) is 1.93. The van der Waals surface area contributed by atoms with E-state index in [4.69, 9.17) is 5.73 Å². The van der Waals surface area contributed by atoms with Gasteiger partial charge in [0.15, 0.2) is 0 Å². The van der Waals surface area contributed by atoms with Crippen LogP contribution in [-0.4, -0.2) is 18.1 Å². The minimum Gasteiger partial charge on any atom is -0.326 e. The Morgan fingerprint density at radius 2 is 1.91 bits per heavy atom. The summed E-state index contributed by atoms with van der Waals surface area (Å²) in [6.07, 6.45) is 5.12. The Balaban J connectivity index is 2.29. The average molecular weight is 156 g/mol. The predicted molar refractivity (Wildman–Crippen MR) is 48.5 cm³/mol. The molecule has 0 saturated heterocycles. The monoisotopic (exact) mass is 156 g/mol. The summed E-state index contributed by atoms with van der Waals surface area (Å²) in [7, 11) is 0. The van der Waals surface area contributed by atoms with Crippen molar-refractivity contribution in [1.82, 2.24) is 5.32 Å². The van der Waals surface area contributed by atoms with Gasteiger partial charge in [0.25, 0.3) is 0 Å². The van der Waals surface area contributed by atoms with Crippen LogP contribution in [0.4, 0.5) is 0 Å². The standard InChI is InChI=1S/C9H20N2/c1-7(2)11-9-6-4-3-5-8(9)10/h7-9,11H,3-6,10H2,1-2H3/t8-,9?/m0/s1. The summed E-state index contributed by atoms with van der Waals surface area (Å²) in [6, 6.07) is 1.54. The van der Waals surface area contributed by atoms with Crippen LogP contribution in [0.15, 0.2) is 0 Å². The third kappa shape index (κ3) is 2.80. The first-order valence-corrected chi connectivity index (χ1v) is 4.72. The maximum absolute atomic E-state index is 5.96. The molecule has 0 bridgehead atoms. The van der Waals surface area contributed by atoms with Crippen molar-refractivity contribution in [3.05, 3.63) is 0 Å². The zero-order valence-electron chi connectivity index (χ0n) is 7.64. The zero-order chi connectivity index (χ0) is 8.27. The first-order chi connectivity index (χ1) is 5.20. The van der Waals surface area contributed by atoms with Gasteiger partial charge in [-0.3, -0.25) is 0 Å². The van der Waals surface area contributed by atoms with Crippen LogP contribution >= 0.6 is 0 Å². The molecule has 1 unspecified atom stereocenters. The molecule has 0 spiro atoms. The number of hydrogen-bond acceptors (Lipinski definition) is 2. The van der Waals surface area contributed by atoms with Gasteiger partial charge in [-0.15, -0.1) is 0 Å². The van der Waals surface area contributed by atoms with Crippen LogP contribution in [0.3, 0.4) is 0 Å². The van der Waals surface area contributed by atoms with E-state index in [2.05, 4.69) is 19.2 Å². The van der Waals surface area contributed by atoms with Gasteiger partial charge in [0.1, 0.15) is 0 Å². The molecule has 0 aromatic carbocycles. The summed E-state index contributed by atoms with van der Waals surface area (Å²) in [5.74, 6) is 0. The van der Waals surface area contributed by atoms with E-state index in [0.29, 0.717) is 18.1 Å². The van der Waals surface area contributed by atoms with E-state index in [1.165, 1.54) is 25.7 Å². The minimum atomic E-state index is 0.395. The lowest BCUT2D eigenvalue weighted by Crippen LogP contribution is -2.49. The Bertz CT molecular complexity index is 112. The Hall–Kier alpha value is -0.0800. The molecule has 1 saturated carbocycles. The van der Waals surface area contributed by atoms with E-state index >= 15 is 0 Å². The number of hydrogen-bond donors (Lipinski definition) is 2. The van der Waals surface area contributed by atoms with Crippen LogP contribution in [0.1, 0.15) is 39.5 Å². The second-order valence-corrected chi connectivity index (χ2v) is 3.88. The number of nitrogens with one attached hydrogen (secondary N) is 1. The first kappa shape index (κ1) is 9.01. The summed E-state index contributed by atoms with van der Waals surface area (Å²) in [4.78, 5) is 0. The van der Waals surface area contributed by atoms with Gasteiger partial charge in [0.2, 0.25) is 0 Å². The van der Waals surface area contributed by atoms with E-state index in [-0.39, 0.29) is 0 Å². The summed E-state index contributed by atoms with van der Waals surface area (Å²) in [5, 5.41) is 3.51. The molecular weight excluding hydrogens is 136 g/mol. The van der Waals surface area contributed by atoms with Gasteiger partial charge in [-0.05, 0) is 12.8 Å². The molecule has 0 heterocycles. The summed E-state index contributed by atoms with van der Waals surface area (Å²) < 4.78 is 0. The van der Waals surface area contributed by atoms with Crippen molar-refractivity contribution in [1.29, 1.82) is 0 Å². The topological polar surface area (TPSA) is 38.0 Å². The molecule has 0 aromatic rings. The molecule has 66 valence electrons. The Kier molecular flexibility index (Phi) is 3.34.